The zero-order valence-corrected chi connectivity index (χ0v) is 12.7. The van der Waals surface area contributed by atoms with E-state index in [4.69, 9.17) is 5.73 Å². The molecule has 0 unspecified atom stereocenters. The molecule has 2 aromatic carbocycles. The van der Waals surface area contributed by atoms with Crippen LogP contribution >= 0.6 is 11.3 Å². The van der Waals surface area contributed by atoms with Crippen molar-refractivity contribution < 1.29 is 0 Å². The number of fused-ring (bicyclic) bond motifs is 2. The summed E-state index contributed by atoms with van der Waals surface area (Å²) in [6.07, 6.45) is 1.06. The molecule has 0 spiro atoms. The second-order valence-electron chi connectivity index (χ2n) is 5.70. The molecule has 21 heavy (non-hydrogen) atoms. The smallest absolute Gasteiger partial charge is 0.0350 e. The SMILES string of the molecule is Nc1cccc2c1CCN(Cc1csc3ccccc13)C2. The Kier molecular flexibility index (Phi) is 3.17. The highest BCUT2D eigenvalue weighted by Gasteiger charge is 2.18. The third kappa shape index (κ3) is 2.33. The lowest BCUT2D eigenvalue weighted by atomic mass is 9.97. The standard InChI is InChI=1S/C18H18N2S/c19-17-6-3-4-13-10-20(9-8-15(13)17)11-14-12-21-18-7-2-1-5-16(14)18/h1-7,12H,8-11,19H2. The first-order valence-corrected chi connectivity index (χ1v) is 8.23. The van der Waals surface area contributed by atoms with Crippen molar-refractivity contribution in [2.75, 3.05) is 12.3 Å². The van der Waals surface area contributed by atoms with Crippen molar-refractivity contribution in [1.82, 2.24) is 4.90 Å². The highest BCUT2D eigenvalue weighted by Crippen LogP contribution is 2.29. The minimum absolute atomic E-state index is 0.952. The molecule has 3 heteroatoms. The Hall–Kier alpha value is -1.84. The van der Waals surface area contributed by atoms with Crippen molar-refractivity contribution in [2.24, 2.45) is 0 Å². The monoisotopic (exact) mass is 294 g/mol. The molecule has 0 aliphatic carbocycles. The van der Waals surface area contributed by atoms with Crippen LogP contribution < -0.4 is 5.73 Å². The first-order chi connectivity index (χ1) is 10.3. The number of rotatable bonds is 2. The largest absolute Gasteiger partial charge is 0.398 e. The summed E-state index contributed by atoms with van der Waals surface area (Å²) in [7, 11) is 0. The van der Waals surface area contributed by atoms with E-state index in [9.17, 15) is 0 Å². The number of anilines is 1. The van der Waals surface area contributed by atoms with Crippen molar-refractivity contribution in [3.05, 3.63) is 64.5 Å². The first kappa shape index (κ1) is 12.9. The predicted octanol–water partition coefficient (Wildman–Crippen LogP) is 4.04. The van der Waals surface area contributed by atoms with Crippen LogP contribution in [-0.4, -0.2) is 11.4 Å². The average molecular weight is 294 g/mol. The minimum Gasteiger partial charge on any atom is -0.398 e. The van der Waals surface area contributed by atoms with Gasteiger partial charge in [0.1, 0.15) is 0 Å². The average Bonchev–Trinajstić information content (AvgIpc) is 2.91. The number of nitrogens with two attached hydrogens (primary N) is 1. The maximum atomic E-state index is 6.08. The lowest BCUT2D eigenvalue weighted by molar-refractivity contribution is 0.247. The zero-order valence-electron chi connectivity index (χ0n) is 11.9. The molecule has 0 saturated carbocycles. The molecule has 0 fully saturated rings. The van der Waals surface area contributed by atoms with Crippen LogP contribution in [-0.2, 0) is 19.5 Å². The molecule has 1 aliphatic heterocycles. The van der Waals surface area contributed by atoms with E-state index in [2.05, 4.69) is 46.7 Å². The molecule has 0 radical (unpaired) electrons. The predicted molar refractivity (Wildman–Crippen MR) is 90.5 cm³/mol. The van der Waals surface area contributed by atoms with Gasteiger partial charge in [0.15, 0.2) is 0 Å². The molecule has 4 rings (SSSR count). The summed E-state index contributed by atoms with van der Waals surface area (Å²) in [5.74, 6) is 0. The van der Waals surface area contributed by atoms with E-state index in [0.717, 1.165) is 31.7 Å². The Morgan fingerprint density at radius 2 is 2.00 bits per heavy atom. The Labute approximate surface area is 128 Å². The summed E-state index contributed by atoms with van der Waals surface area (Å²) in [4.78, 5) is 2.52. The minimum atomic E-state index is 0.952. The van der Waals surface area contributed by atoms with Crippen molar-refractivity contribution in [3.63, 3.8) is 0 Å². The highest BCUT2D eigenvalue weighted by molar-refractivity contribution is 7.17. The molecule has 0 atom stereocenters. The third-order valence-corrected chi connectivity index (χ3v) is 5.35. The summed E-state index contributed by atoms with van der Waals surface area (Å²) in [5.41, 5.74) is 11.2. The number of nitrogen functional groups attached to an aromatic ring is 1. The summed E-state index contributed by atoms with van der Waals surface area (Å²) < 4.78 is 1.38. The van der Waals surface area contributed by atoms with Crippen LogP contribution in [0.3, 0.4) is 0 Å². The number of thiophene rings is 1. The lowest BCUT2D eigenvalue weighted by Gasteiger charge is -2.29. The van der Waals surface area contributed by atoms with Crippen LogP contribution in [0.25, 0.3) is 10.1 Å². The highest BCUT2D eigenvalue weighted by atomic mass is 32.1. The van der Waals surface area contributed by atoms with Crippen LogP contribution in [0.15, 0.2) is 47.8 Å². The summed E-state index contributed by atoms with van der Waals surface area (Å²) in [6.45, 7) is 3.12. The molecular weight excluding hydrogens is 276 g/mol. The second-order valence-corrected chi connectivity index (χ2v) is 6.61. The molecule has 1 aliphatic rings. The van der Waals surface area contributed by atoms with Crippen LogP contribution in [0.1, 0.15) is 16.7 Å². The normalized spacial score (nSPS) is 15.2. The van der Waals surface area contributed by atoms with Crippen molar-refractivity contribution in [3.8, 4) is 0 Å². The summed E-state index contributed by atoms with van der Waals surface area (Å²) in [6, 6.07) is 15.0. The summed E-state index contributed by atoms with van der Waals surface area (Å²) >= 11 is 1.84. The number of hydrogen-bond donors (Lipinski definition) is 1. The van der Waals surface area contributed by atoms with Crippen LogP contribution in [0.2, 0.25) is 0 Å². The Morgan fingerprint density at radius 3 is 2.95 bits per heavy atom. The van der Waals surface area contributed by atoms with Gasteiger partial charge in [-0.3, -0.25) is 4.90 Å². The van der Waals surface area contributed by atoms with E-state index in [-0.39, 0.29) is 0 Å². The van der Waals surface area contributed by atoms with E-state index in [1.807, 2.05) is 17.4 Å². The van der Waals surface area contributed by atoms with Gasteiger partial charge in [-0.15, -0.1) is 11.3 Å². The zero-order chi connectivity index (χ0) is 14.2. The fourth-order valence-electron chi connectivity index (χ4n) is 3.23. The molecule has 2 nitrogen and oxygen atoms in total. The molecular formula is C18H18N2S. The molecule has 106 valence electrons. The van der Waals surface area contributed by atoms with Gasteiger partial charge in [0.05, 0.1) is 0 Å². The van der Waals surface area contributed by atoms with Gasteiger partial charge in [0, 0.05) is 30.0 Å². The molecule has 0 bridgehead atoms. The molecule has 3 aromatic rings. The number of benzene rings is 2. The molecule has 0 amide bonds. The number of hydrogen-bond acceptors (Lipinski definition) is 3. The second kappa shape index (κ2) is 5.17. The van der Waals surface area contributed by atoms with Gasteiger partial charge >= 0.3 is 0 Å². The van der Waals surface area contributed by atoms with Crippen molar-refractivity contribution in [1.29, 1.82) is 0 Å². The maximum Gasteiger partial charge on any atom is 0.0350 e. The van der Waals surface area contributed by atoms with Gasteiger partial charge in [-0.05, 0) is 46.0 Å². The topological polar surface area (TPSA) is 29.3 Å². The molecule has 1 aromatic heterocycles. The van der Waals surface area contributed by atoms with E-state index in [1.165, 1.54) is 26.8 Å². The molecule has 2 N–H and O–H groups in total. The quantitative estimate of drug-likeness (QED) is 0.723. The van der Waals surface area contributed by atoms with E-state index in [0.29, 0.717) is 0 Å². The van der Waals surface area contributed by atoms with Crippen LogP contribution in [0, 0.1) is 0 Å². The first-order valence-electron chi connectivity index (χ1n) is 7.35. The van der Waals surface area contributed by atoms with E-state index >= 15 is 0 Å². The van der Waals surface area contributed by atoms with Crippen LogP contribution in [0.5, 0.6) is 0 Å². The fourth-order valence-corrected chi connectivity index (χ4v) is 4.18. The fraction of sp³-hybridized carbons (Fsp3) is 0.222. The van der Waals surface area contributed by atoms with Gasteiger partial charge in [-0.1, -0.05) is 30.3 Å². The third-order valence-electron chi connectivity index (χ3n) is 4.34. The van der Waals surface area contributed by atoms with Crippen LogP contribution in [0.4, 0.5) is 5.69 Å². The summed E-state index contributed by atoms with van der Waals surface area (Å²) in [5, 5.41) is 3.71. The van der Waals surface area contributed by atoms with Crippen molar-refractivity contribution >= 4 is 27.1 Å². The van der Waals surface area contributed by atoms with E-state index < -0.39 is 0 Å². The Balaban J connectivity index is 1.59. The lowest BCUT2D eigenvalue weighted by Crippen LogP contribution is -2.30. The van der Waals surface area contributed by atoms with Gasteiger partial charge in [-0.25, -0.2) is 0 Å². The van der Waals surface area contributed by atoms with Crippen molar-refractivity contribution in [2.45, 2.75) is 19.5 Å². The van der Waals surface area contributed by atoms with Gasteiger partial charge in [0.2, 0.25) is 0 Å². The van der Waals surface area contributed by atoms with E-state index in [1.54, 1.807) is 0 Å². The number of nitrogens with zero attached hydrogens (tertiary/aromatic N) is 1. The van der Waals surface area contributed by atoms with Gasteiger partial charge in [-0.2, -0.15) is 0 Å². The Morgan fingerprint density at radius 1 is 1.10 bits per heavy atom. The molecule has 2 heterocycles. The van der Waals surface area contributed by atoms with Gasteiger partial charge in [0.25, 0.3) is 0 Å². The van der Waals surface area contributed by atoms with Gasteiger partial charge < -0.3 is 5.73 Å². The molecule has 0 saturated heterocycles. The Bertz CT molecular complexity index is 791. The maximum absolute atomic E-state index is 6.08.